The van der Waals surface area contributed by atoms with Crippen LogP contribution in [0.25, 0.3) is 0 Å². The minimum Gasteiger partial charge on any atom is -0.504 e. The first-order valence-corrected chi connectivity index (χ1v) is 6.58. The van der Waals surface area contributed by atoms with Gasteiger partial charge in [-0.2, -0.15) is 0 Å². The second-order valence-corrected chi connectivity index (χ2v) is 4.72. The van der Waals surface area contributed by atoms with Crippen molar-refractivity contribution in [1.82, 2.24) is 5.32 Å². The molecule has 2 rings (SSSR count). The number of nitrogens with one attached hydrogen (secondary N) is 1. The number of carbonyl (C=O) groups is 1. The molecular formula is C16H17NO4. The number of aliphatic hydroxyl groups excluding tert-OH is 1. The summed E-state index contributed by atoms with van der Waals surface area (Å²) >= 11 is 0. The number of benzene rings is 2. The van der Waals surface area contributed by atoms with Gasteiger partial charge in [0, 0.05) is 0 Å². The maximum Gasteiger partial charge on any atom is 0.255 e. The zero-order chi connectivity index (χ0) is 15.2. The lowest BCUT2D eigenvalue weighted by atomic mass is 10.1. The minimum absolute atomic E-state index is 0.0264. The summed E-state index contributed by atoms with van der Waals surface area (Å²) in [4.78, 5) is 12.1. The van der Waals surface area contributed by atoms with E-state index in [2.05, 4.69) is 5.32 Å². The molecule has 1 amide bonds. The summed E-state index contributed by atoms with van der Waals surface area (Å²) in [7, 11) is 0. The largest absolute Gasteiger partial charge is 0.504 e. The summed E-state index contributed by atoms with van der Waals surface area (Å²) in [6.07, 6.45) is 0.475. The highest BCUT2D eigenvalue weighted by Crippen LogP contribution is 2.28. The fourth-order valence-corrected chi connectivity index (χ4v) is 2.04. The Hall–Kier alpha value is -2.53. The van der Waals surface area contributed by atoms with Crippen molar-refractivity contribution in [2.75, 3.05) is 6.61 Å². The van der Waals surface area contributed by atoms with Crippen LogP contribution in [0.1, 0.15) is 15.9 Å². The van der Waals surface area contributed by atoms with Gasteiger partial charge in [0.2, 0.25) is 0 Å². The molecule has 2 aromatic rings. The van der Waals surface area contributed by atoms with Crippen LogP contribution in [0.15, 0.2) is 48.5 Å². The third kappa shape index (κ3) is 3.73. The van der Waals surface area contributed by atoms with Crippen LogP contribution < -0.4 is 5.32 Å². The number of para-hydroxylation sites is 1. The van der Waals surface area contributed by atoms with Crippen molar-refractivity contribution < 1.29 is 20.1 Å². The van der Waals surface area contributed by atoms with Gasteiger partial charge in [0.25, 0.3) is 5.91 Å². The van der Waals surface area contributed by atoms with Crippen molar-refractivity contribution in [3.05, 3.63) is 59.7 Å². The Kier molecular flexibility index (Phi) is 4.79. The first-order valence-electron chi connectivity index (χ1n) is 6.58. The van der Waals surface area contributed by atoms with Crippen LogP contribution in [0.4, 0.5) is 0 Å². The zero-order valence-electron chi connectivity index (χ0n) is 11.4. The molecule has 21 heavy (non-hydrogen) atoms. The van der Waals surface area contributed by atoms with Crippen LogP contribution in [0.3, 0.4) is 0 Å². The van der Waals surface area contributed by atoms with Gasteiger partial charge in [0.05, 0.1) is 18.2 Å². The van der Waals surface area contributed by atoms with Crippen LogP contribution >= 0.6 is 0 Å². The van der Waals surface area contributed by atoms with E-state index >= 15 is 0 Å². The van der Waals surface area contributed by atoms with Crippen LogP contribution in [0, 0.1) is 0 Å². The van der Waals surface area contributed by atoms with Crippen molar-refractivity contribution in [3.63, 3.8) is 0 Å². The molecule has 0 spiro atoms. The first kappa shape index (κ1) is 14.9. The highest BCUT2D eigenvalue weighted by Gasteiger charge is 2.17. The van der Waals surface area contributed by atoms with Crippen molar-refractivity contribution in [1.29, 1.82) is 0 Å². The van der Waals surface area contributed by atoms with Gasteiger partial charge >= 0.3 is 0 Å². The van der Waals surface area contributed by atoms with Gasteiger partial charge in [-0.1, -0.05) is 36.4 Å². The van der Waals surface area contributed by atoms with Crippen LogP contribution in [0.2, 0.25) is 0 Å². The quantitative estimate of drug-likeness (QED) is 0.626. The molecule has 4 N–H and O–H groups in total. The molecule has 1 unspecified atom stereocenters. The number of amides is 1. The van der Waals surface area contributed by atoms with Crippen LogP contribution in [0.5, 0.6) is 11.5 Å². The minimum atomic E-state index is -0.543. The molecule has 0 heterocycles. The van der Waals surface area contributed by atoms with Crippen molar-refractivity contribution in [2.24, 2.45) is 0 Å². The molecule has 0 aromatic heterocycles. The summed E-state index contributed by atoms with van der Waals surface area (Å²) in [5.74, 6) is -1.36. The zero-order valence-corrected chi connectivity index (χ0v) is 11.4. The second-order valence-electron chi connectivity index (χ2n) is 4.72. The summed E-state index contributed by atoms with van der Waals surface area (Å²) in [5.41, 5.74) is 0.957. The molecule has 110 valence electrons. The predicted molar refractivity (Wildman–Crippen MR) is 78.3 cm³/mol. The Morgan fingerprint density at radius 3 is 2.43 bits per heavy atom. The highest BCUT2D eigenvalue weighted by atomic mass is 16.3. The third-order valence-corrected chi connectivity index (χ3v) is 3.14. The van der Waals surface area contributed by atoms with E-state index in [0.717, 1.165) is 5.56 Å². The smallest absolute Gasteiger partial charge is 0.255 e. The Balaban J connectivity index is 2.08. The number of aliphatic hydroxyl groups is 1. The van der Waals surface area contributed by atoms with Gasteiger partial charge in [-0.15, -0.1) is 0 Å². The molecule has 0 radical (unpaired) electrons. The SMILES string of the molecule is O=C(NC(CO)Cc1ccccc1)c1cccc(O)c1O. The fourth-order valence-electron chi connectivity index (χ4n) is 2.04. The van der Waals surface area contributed by atoms with Crippen molar-refractivity contribution >= 4 is 5.91 Å². The van der Waals surface area contributed by atoms with Gasteiger partial charge in [-0.25, -0.2) is 0 Å². The number of phenolic OH excluding ortho intramolecular Hbond substituents is 2. The van der Waals surface area contributed by atoms with E-state index in [-0.39, 0.29) is 17.9 Å². The summed E-state index contributed by atoms with van der Waals surface area (Å²) in [6, 6.07) is 13.2. The predicted octanol–water partition coefficient (Wildman–Crippen LogP) is 1.43. The molecule has 0 aliphatic rings. The normalized spacial score (nSPS) is 11.9. The number of rotatable bonds is 5. The lowest BCUT2D eigenvalue weighted by Crippen LogP contribution is -2.39. The third-order valence-electron chi connectivity index (χ3n) is 3.14. The number of carbonyl (C=O) groups excluding carboxylic acids is 1. The van der Waals surface area contributed by atoms with Gasteiger partial charge in [-0.3, -0.25) is 4.79 Å². The van der Waals surface area contributed by atoms with Crippen LogP contribution in [-0.2, 0) is 6.42 Å². The van der Waals surface area contributed by atoms with E-state index in [9.17, 15) is 20.1 Å². The van der Waals surface area contributed by atoms with Gasteiger partial charge in [-0.05, 0) is 24.1 Å². The van der Waals surface area contributed by atoms with E-state index in [1.54, 1.807) is 0 Å². The maximum absolute atomic E-state index is 12.1. The topological polar surface area (TPSA) is 89.8 Å². The number of hydrogen-bond acceptors (Lipinski definition) is 4. The number of phenols is 2. The average Bonchev–Trinajstić information content (AvgIpc) is 2.50. The lowest BCUT2D eigenvalue weighted by Gasteiger charge is -2.17. The number of aromatic hydroxyl groups is 2. The molecule has 0 saturated carbocycles. The summed E-state index contributed by atoms with van der Waals surface area (Å²) in [6.45, 7) is -0.222. The Morgan fingerprint density at radius 1 is 1.05 bits per heavy atom. The average molecular weight is 287 g/mol. The molecule has 0 fully saturated rings. The Morgan fingerprint density at radius 2 is 1.76 bits per heavy atom. The molecule has 5 nitrogen and oxygen atoms in total. The van der Waals surface area contributed by atoms with Crippen molar-refractivity contribution in [2.45, 2.75) is 12.5 Å². The van der Waals surface area contributed by atoms with E-state index in [4.69, 9.17) is 0 Å². The Bertz CT molecular complexity index is 613. The molecule has 0 saturated heterocycles. The molecular weight excluding hydrogens is 270 g/mol. The standard InChI is InChI=1S/C16H17NO4/c18-10-12(9-11-5-2-1-3-6-11)17-16(21)13-7-4-8-14(19)15(13)20/h1-8,12,18-20H,9-10H2,(H,17,21). The molecule has 2 aromatic carbocycles. The molecule has 0 aliphatic carbocycles. The first-order chi connectivity index (χ1) is 10.1. The number of hydrogen-bond donors (Lipinski definition) is 4. The van der Waals surface area contributed by atoms with Crippen molar-refractivity contribution in [3.8, 4) is 11.5 Å². The summed E-state index contributed by atoms with van der Waals surface area (Å²) in [5, 5.41) is 31.1. The summed E-state index contributed by atoms with van der Waals surface area (Å²) < 4.78 is 0. The molecule has 1 atom stereocenters. The molecule has 5 heteroatoms. The van der Waals surface area contributed by atoms with Gasteiger partial charge < -0.3 is 20.6 Å². The maximum atomic E-state index is 12.1. The van der Waals surface area contributed by atoms with Gasteiger partial charge in [0.1, 0.15) is 0 Å². The lowest BCUT2D eigenvalue weighted by molar-refractivity contribution is 0.0913. The van der Waals surface area contributed by atoms with E-state index in [1.807, 2.05) is 30.3 Å². The van der Waals surface area contributed by atoms with E-state index in [0.29, 0.717) is 6.42 Å². The highest BCUT2D eigenvalue weighted by molar-refractivity contribution is 5.97. The van der Waals surface area contributed by atoms with Gasteiger partial charge in [0.15, 0.2) is 11.5 Å². The monoisotopic (exact) mass is 287 g/mol. The molecule has 0 aliphatic heterocycles. The Labute approximate surface area is 122 Å². The fraction of sp³-hybridized carbons (Fsp3) is 0.188. The second kappa shape index (κ2) is 6.76. The van der Waals surface area contributed by atoms with Crippen LogP contribution in [-0.4, -0.2) is 33.9 Å². The van der Waals surface area contributed by atoms with E-state index in [1.165, 1.54) is 18.2 Å². The molecule has 0 bridgehead atoms. The van der Waals surface area contributed by atoms with E-state index < -0.39 is 17.7 Å².